The van der Waals surface area contributed by atoms with Gasteiger partial charge in [0.2, 0.25) is 0 Å². The molecule has 0 aromatic carbocycles. The van der Waals surface area contributed by atoms with Crippen LogP contribution in [0.3, 0.4) is 0 Å². The van der Waals surface area contributed by atoms with Crippen LogP contribution < -0.4 is 10.6 Å². The van der Waals surface area contributed by atoms with Crippen LogP contribution >= 0.6 is 11.3 Å². The van der Waals surface area contributed by atoms with Gasteiger partial charge in [-0.3, -0.25) is 4.99 Å². The molecule has 2 rings (SSSR count). The zero-order valence-electron chi connectivity index (χ0n) is 13.4. The molecule has 0 saturated carbocycles. The summed E-state index contributed by atoms with van der Waals surface area (Å²) in [4.78, 5) is 12.4. The van der Waals surface area contributed by atoms with Gasteiger partial charge in [0.1, 0.15) is 5.01 Å². The van der Waals surface area contributed by atoms with Gasteiger partial charge in [0.25, 0.3) is 0 Å². The molecule has 1 aliphatic rings. The van der Waals surface area contributed by atoms with Crippen molar-refractivity contribution < 1.29 is 0 Å². The second-order valence-electron chi connectivity index (χ2n) is 5.63. The van der Waals surface area contributed by atoms with Gasteiger partial charge in [-0.1, -0.05) is 6.92 Å². The Kier molecular flexibility index (Phi) is 6.45. The Bertz CT molecular complexity index is 457. The molecular weight excluding hydrogens is 282 g/mol. The molecule has 0 amide bonds. The fourth-order valence-corrected chi connectivity index (χ4v) is 3.43. The lowest BCUT2D eigenvalue weighted by Crippen LogP contribution is -2.39. The van der Waals surface area contributed by atoms with E-state index in [1.165, 1.54) is 37.4 Å². The molecule has 1 saturated heterocycles. The fraction of sp³-hybridized carbons (Fsp3) is 0.733. The Hall–Kier alpha value is -1.14. The minimum atomic E-state index is 0.734. The molecule has 21 heavy (non-hydrogen) atoms. The van der Waals surface area contributed by atoms with E-state index in [-0.39, 0.29) is 0 Å². The molecule has 5 nitrogen and oxygen atoms in total. The van der Waals surface area contributed by atoms with E-state index in [0.29, 0.717) is 0 Å². The standard InChI is InChI=1S/C15H27N5S/c1-4-6-20-7-5-13(11-20)9-18-15(16-3)19-10-14-17-8-12(2)21-14/h8,13H,4-7,9-11H2,1-3H3,(H2,16,18,19). The van der Waals surface area contributed by atoms with Gasteiger partial charge < -0.3 is 15.5 Å². The maximum Gasteiger partial charge on any atom is 0.191 e. The molecule has 0 aliphatic carbocycles. The van der Waals surface area contributed by atoms with E-state index in [1.807, 2.05) is 13.2 Å². The number of aliphatic imine (C=N–C) groups is 1. The van der Waals surface area contributed by atoms with Crippen LogP contribution in [-0.2, 0) is 6.54 Å². The second-order valence-corrected chi connectivity index (χ2v) is 6.95. The molecule has 1 atom stereocenters. The van der Waals surface area contributed by atoms with E-state index in [2.05, 4.69) is 39.4 Å². The highest BCUT2D eigenvalue weighted by Gasteiger charge is 2.21. The number of nitrogens with zero attached hydrogens (tertiary/aromatic N) is 3. The van der Waals surface area contributed by atoms with Crippen molar-refractivity contribution in [3.05, 3.63) is 16.1 Å². The van der Waals surface area contributed by atoms with E-state index < -0.39 is 0 Å². The highest BCUT2D eigenvalue weighted by Crippen LogP contribution is 2.15. The number of nitrogens with one attached hydrogen (secondary N) is 2. The number of guanidine groups is 1. The van der Waals surface area contributed by atoms with Crippen molar-refractivity contribution in [2.45, 2.75) is 33.2 Å². The van der Waals surface area contributed by atoms with Crippen molar-refractivity contribution in [1.29, 1.82) is 0 Å². The number of thiazole rings is 1. The molecule has 0 radical (unpaired) electrons. The number of rotatable bonds is 6. The summed E-state index contributed by atoms with van der Waals surface area (Å²) >= 11 is 1.73. The van der Waals surface area contributed by atoms with E-state index in [4.69, 9.17) is 0 Å². The van der Waals surface area contributed by atoms with Gasteiger partial charge in [0, 0.05) is 31.2 Å². The van der Waals surface area contributed by atoms with Crippen LogP contribution in [0.25, 0.3) is 0 Å². The smallest absolute Gasteiger partial charge is 0.191 e. The van der Waals surface area contributed by atoms with Crippen molar-refractivity contribution in [2.75, 3.05) is 33.2 Å². The van der Waals surface area contributed by atoms with E-state index in [9.17, 15) is 0 Å². The molecule has 1 fully saturated rings. The molecule has 2 heterocycles. The van der Waals surface area contributed by atoms with Crippen molar-refractivity contribution in [2.24, 2.45) is 10.9 Å². The summed E-state index contributed by atoms with van der Waals surface area (Å²) in [7, 11) is 1.82. The van der Waals surface area contributed by atoms with Gasteiger partial charge in [-0.15, -0.1) is 11.3 Å². The lowest BCUT2D eigenvalue weighted by atomic mass is 10.1. The summed E-state index contributed by atoms with van der Waals surface area (Å²) < 4.78 is 0. The molecule has 1 aromatic rings. The monoisotopic (exact) mass is 309 g/mol. The SMILES string of the molecule is CCCN1CCC(CNC(=NC)NCc2ncc(C)s2)C1. The van der Waals surface area contributed by atoms with Crippen molar-refractivity contribution in [3.63, 3.8) is 0 Å². The summed E-state index contributed by atoms with van der Waals surface area (Å²) in [5, 5.41) is 7.87. The third kappa shape index (κ3) is 5.28. The quantitative estimate of drug-likeness (QED) is 0.622. The average molecular weight is 309 g/mol. The van der Waals surface area contributed by atoms with Crippen molar-refractivity contribution in [3.8, 4) is 0 Å². The van der Waals surface area contributed by atoms with Crippen LogP contribution in [0.15, 0.2) is 11.2 Å². The highest BCUT2D eigenvalue weighted by atomic mass is 32.1. The van der Waals surface area contributed by atoms with Gasteiger partial charge >= 0.3 is 0 Å². The Morgan fingerprint density at radius 1 is 1.52 bits per heavy atom. The van der Waals surface area contributed by atoms with Crippen LogP contribution in [0.2, 0.25) is 0 Å². The molecule has 1 aromatic heterocycles. The third-order valence-corrected chi connectivity index (χ3v) is 4.68. The first kappa shape index (κ1) is 16.2. The van der Waals surface area contributed by atoms with Crippen molar-refractivity contribution in [1.82, 2.24) is 20.5 Å². The maximum atomic E-state index is 4.36. The minimum Gasteiger partial charge on any atom is -0.356 e. The molecule has 1 aliphatic heterocycles. The Balaban J connectivity index is 1.68. The van der Waals surface area contributed by atoms with Gasteiger partial charge in [-0.25, -0.2) is 4.98 Å². The first-order chi connectivity index (χ1) is 10.2. The lowest BCUT2D eigenvalue weighted by molar-refractivity contribution is 0.324. The zero-order chi connectivity index (χ0) is 15.1. The van der Waals surface area contributed by atoms with Crippen LogP contribution in [0.4, 0.5) is 0 Å². The van der Waals surface area contributed by atoms with E-state index in [1.54, 1.807) is 11.3 Å². The normalized spacial score (nSPS) is 20.0. The number of hydrogen-bond donors (Lipinski definition) is 2. The number of aromatic nitrogens is 1. The van der Waals surface area contributed by atoms with Gasteiger partial charge in [-0.2, -0.15) is 0 Å². The topological polar surface area (TPSA) is 52.5 Å². The molecule has 2 N–H and O–H groups in total. The minimum absolute atomic E-state index is 0.734. The first-order valence-corrected chi connectivity index (χ1v) is 8.61. The van der Waals surface area contributed by atoms with Crippen molar-refractivity contribution >= 4 is 17.3 Å². The summed E-state index contributed by atoms with van der Waals surface area (Å²) in [5.74, 6) is 1.61. The van der Waals surface area contributed by atoms with E-state index in [0.717, 1.165) is 30.0 Å². The average Bonchev–Trinajstić information content (AvgIpc) is 3.09. The van der Waals surface area contributed by atoms with Gasteiger partial charge in [0.15, 0.2) is 5.96 Å². The summed E-state index contributed by atoms with van der Waals surface area (Å²) in [6.07, 6.45) is 4.45. The predicted molar refractivity (Wildman–Crippen MR) is 89.9 cm³/mol. The van der Waals surface area contributed by atoms with E-state index >= 15 is 0 Å². The summed E-state index contributed by atoms with van der Waals surface area (Å²) in [6, 6.07) is 0. The lowest BCUT2D eigenvalue weighted by Gasteiger charge is -2.16. The van der Waals surface area contributed by atoms with Crippen LogP contribution in [0.1, 0.15) is 29.7 Å². The Morgan fingerprint density at radius 2 is 2.38 bits per heavy atom. The number of hydrogen-bond acceptors (Lipinski definition) is 4. The van der Waals surface area contributed by atoms with Gasteiger partial charge in [-0.05, 0) is 38.8 Å². The van der Waals surface area contributed by atoms with Gasteiger partial charge in [0.05, 0.1) is 6.54 Å². The number of likely N-dealkylation sites (tertiary alicyclic amines) is 1. The Morgan fingerprint density at radius 3 is 3.05 bits per heavy atom. The molecular formula is C15H27N5S. The molecule has 0 bridgehead atoms. The largest absolute Gasteiger partial charge is 0.356 e. The highest BCUT2D eigenvalue weighted by molar-refractivity contribution is 7.11. The fourth-order valence-electron chi connectivity index (χ4n) is 2.70. The Labute approximate surface area is 131 Å². The van der Waals surface area contributed by atoms with Crippen LogP contribution in [0, 0.1) is 12.8 Å². The predicted octanol–water partition coefficient (Wildman–Crippen LogP) is 1.85. The summed E-state index contributed by atoms with van der Waals surface area (Å²) in [6.45, 7) is 9.75. The zero-order valence-corrected chi connectivity index (χ0v) is 14.2. The molecule has 1 unspecified atom stereocenters. The first-order valence-electron chi connectivity index (χ1n) is 7.79. The molecule has 6 heteroatoms. The summed E-state index contributed by atoms with van der Waals surface area (Å²) in [5.41, 5.74) is 0. The van der Waals surface area contributed by atoms with Crippen LogP contribution in [-0.4, -0.2) is 49.1 Å². The molecule has 0 spiro atoms. The third-order valence-electron chi connectivity index (χ3n) is 3.77. The number of aryl methyl sites for hydroxylation is 1. The van der Waals surface area contributed by atoms with Crippen LogP contribution in [0.5, 0.6) is 0 Å². The maximum absolute atomic E-state index is 4.36. The molecule has 118 valence electrons. The second kappa shape index (κ2) is 8.34.